The summed E-state index contributed by atoms with van der Waals surface area (Å²) < 4.78 is 14.2. The lowest BCUT2D eigenvalue weighted by Gasteiger charge is -2.27. The van der Waals surface area contributed by atoms with Crippen LogP contribution in [-0.2, 0) is 13.0 Å². The smallest absolute Gasteiger partial charge is 0.249 e. The predicted molar refractivity (Wildman–Crippen MR) is 98.2 cm³/mol. The van der Waals surface area contributed by atoms with Crippen molar-refractivity contribution in [3.63, 3.8) is 0 Å². The molecule has 0 saturated carbocycles. The van der Waals surface area contributed by atoms with Gasteiger partial charge in [0.25, 0.3) is 0 Å². The van der Waals surface area contributed by atoms with Crippen molar-refractivity contribution in [2.75, 3.05) is 4.90 Å². The summed E-state index contributed by atoms with van der Waals surface area (Å²) >= 11 is 0. The van der Waals surface area contributed by atoms with E-state index in [-0.39, 0.29) is 11.9 Å². The Bertz CT molecular complexity index is 958. The number of anilines is 1. The van der Waals surface area contributed by atoms with Crippen molar-refractivity contribution in [1.82, 2.24) is 4.98 Å². The molecule has 1 aliphatic heterocycles. The SMILES string of the molecule is NC(=O)c1cccc2c1CC(c1ccccn1)N2Cc1ccccc1F. The van der Waals surface area contributed by atoms with Crippen LogP contribution in [0.3, 0.4) is 0 Å². The first-order valence-electron chi connectivity index (χ1n) is 8.48. The molecular weight excluding hydrogens is 329 g/mol. The van der Waals surface area contributed by atoms with Gasteiger partial charge in [-0.1, -0.05) is 30.3 Å². The van der Waals surface area contributed by atoms with Crippen LogP contribution >= 0.6 is 0 Å². The molecule has 2 N–H and O–H groups in total. The van der Waals surface area contributed by atoms with Gasteiger partial charge in [-0.3, -0.25) is 9.78 Å². The van der Waals surface area contributed by atoms with E-state index in [0.717, 1.165) is 16.9 Å². The van der Waals surface area contributed by atoms with Gasteiger partial charge >= 0.3 is 0 Å². The summed E-state index contributed by atoms with van der Waals surface area (Å²) in [5.74, 6) is -0.693. The quantitative estimate of drug-likeness (QED) is 0.784. The molecule has 1 aliphatic rings. The number of primary amides is 1. The number of amides is 1. The Balaban J connectivity index is 1.81. The van der Waals surface area contributed by atoms with Gasteiger partial charge in [0.1, 0.15) is 5.82 Å². The lowest BCUT2D eigenvalue weighted by atomic mass is 10.0. The molecule has 4 rings (SSSR count). The zero-order chi connectivity index (χ0) is 18.1. The third-order valence-electron chi connectivity index (χ3n) is 4.83. The molecule has 0 aliphatic carbocycles. The maximum atomic E-state index is 14.2. The summed E-state index contributed by atoms with van der Waals surface area (Å²) in [6, 6.07) is 17.9. The maximum Gasteiger partial charge on any atom is 0.249 e. The van der Waals surface area contributed by atoms with Gasteiger partial charge in [0.05, 0.1) is 11.7 Å². The second kappa shape index (κ2) is 6.59. The molecule has 1 unspecified atom stereocenters. The third kappa shape index (κ3) is 2.81. The molecule has 1 atom stereocenters. The van der Waals surface area contributed by atoms with Gasteiger partial charge in [-0.25, -0.2) is 4.39 Å². The number of carbonyl (C=O) groups is 1. The minimum atomic E-state index is -0.450. The molecule has 1 amide bonds. The standard InChI is InChI=1S/C21H18FN3O/c22-17-8-2-1-6-14(17)13-25-19-10-5-7-15(21(23)26)16(19)12-20(25)18-9-3-4-11-24-18/h1-11,20H,12-13H2,(H2,23,26). The fraction of sp³-hybridized carbons (Fsp3) is 0.143. The molecule has 0 spiro atoms. The molecule has 0 saturated heterocycles. The highest BCUT2D eigenvalue weighted by Gasteiger charge is 2.34. The number of fused-ring (bicyclic) bond motifs is 1. The van der Waals surface area contributed by atoms with E-state index in [1.807, 2.05) is 36.4 Å². The fourth-order valence-electron chi connectivity index (χ4n) is 3.60. The molecule has 1 aromatic heterocycles. The van der Waals surface area contributed by atoms with Crippen LogP contribution in [0.25, 0.3) is 0 Å². The Labute approximate surface area is 151 Å². The van der Waals surface area contributed by atoms with E-state index in [1.165, 1.54) is 6.07 Å². The monoisotopic (exact) mass is 347 g/mol. The fourth-order valence-corrected chi connectivity index (χ4v) is 3.60. The van der Waals surface area contributed by atoms with E-state index >= 15 is 0 Å². The van der Waals surface area contributed by atoms with Gasteiger partial charge < -0.3 is 10.6 Å². The number of pyridine rings is 1. The molecule has 2 aromatic carbocycles. The Kier molecular flexibility index (Phi) is 4.13. The highest BCUT2D eigenvalue weighted by Crippen LogP contribution is 2.42. The number of nitrogens with two attached hydrogens (primary N) is 1. The molecule has 5 heteroatoms. The van der Waals surface area contributed by atoms with Crippen LogP contribution in [0.4, 0.5) is 10.1 Å². The number of rotatable bonds is 4. The van der Waals surface area contributed by atoms with E-state index in [0.29, 0.717) is 24.1 Å². The summed E-state index contributed by atoms with van der Waals surface area (Å²) in [6.45, 7) is 0.392. The zero-order valence-corrected chi connectivity index (χ0v) is 14.1. The van der Waals surface area contributed by atoms with E-state index in [1.54, 1.807) is 24.4 Å². The maximum absolute atomic E-state index is 14.2. The zero-order valence-electron chi connectivity index (χ0n) is 14.1. The predicted octanol–water partition coefficient (Wildman–Crippen LogP) is 3.62. The Morgan fingerprint density at radius 2 is 1.92 bits per heavy atom. The molecular formula is C21H18FN3O. The largest absolute Gasteiger partial charge is 0.366 e. The Morgan fingerprint density at radius 3 is 2.65 bits per heavy atom. The third-order valence-corrected chi connectivity index (χ3v) is 4.83. The van der Waals surface area contributed by atoms with Crippen LogP contribution in [0, 0.1) is 5.82 Å². The van der Waals surface area contributed by atoms with Crippen LogP contribution in [0.2, 0.25) is 0 Å². The molecule has 2 heterocycles. The van der Waals surface area contributed by atoms with Gasteiger partial charge in [0, 0.05) is 36.0 Å². The number of nitrogens with zero attached hydrogens (tertiary/aromatic N) is 2. The summed E-state index contributed by atoms with van der Waals surface area (Å²) in [4.78, 5) is 18.4. The molecule has 4 nitrogen and oxygen atoms in total. The first kappa shape index (κ1) is 16.3. The average molecular weight is 347 g/mol. The number of benzene rings is 2. The highest BCUT2D eigenvalue weighted by molar-refractivity contribution is 5.96. The van der Waals surface area contributed by atoms with Gasteiger partial charge in [0.15, 0.2) is 0 Å². The van der Waals surface area contributed by atoms with Crippen molar-refractivity contribution in [2.45, 2.75) is 19.0 Å². The van der Waals surface area contributed by atoms with Gasteiger partial charge in [-0.05, 0) is 35.9 Å². The van der Waals surface area contributed by atoms with Crippen LogP contribution in [0.1, 0.15) is 33.2 Å². The van der Waals surface area contributed by atoms with Gasteiger partial charge in [-0.2, -0.15) is 0 Å². The van der Waals surface area contributed by atoms with E-state index < -0.39 is 5.91 Å². The van der Waals surface area contributed by atoms with Crippen LogP contribution in [-0.4, -0.2) is 10.9 Å². The lowest BCUT2D eigenvalue weighted by Crippen LogP contribution is -2.25. The first-order valence-corrected chi connectivity index (χ1v) is 8.48. The lowest BCUT2D eigenvalue weighted by molar-refractivity contribution is 0.0999. The number of halogens is 1. The van der Waals surface area contributed by atoms with E-state index in [2.05, 4.69) is 9.88 Å². The van der Waals surface area contributed by atoms with E-state index in [4.69, 9.17) is 5.73 Å². The molecule has 0 radical (unpaired) electrons. The normalized spacial score (nSPS) is 15.7. The van der Waals surface area contributed by atoms with Crippen molar-refractivity contribution in [3.8, 4) is 0 Å². The van der Waals surface area contributed by atoms with Crippen molar-refractivity contribution in [3.05, 3.63) is 95.1 Å². The van der Waals surface area contributed by atoms with Crippen molar-refractivity contribution in [2.24, 2.45) is 5.73 Å². The Morgan fingerprint density at radius 1 is 1.12 bits per heavy atom. The number of aromatic nitrogens is 1. The van der Waals surface area contributed by atoms with Crippen molar-refractivity contribution < 1.29 is 9.18 Å². The number of hydrogen-bond acceptors (Lipinski definition) is 3. The van der Waals surface area contributed by atoms with Crippen molar-refractivity contribution in [1.29, 1.82) is 0 Å². The number of carbonyl (C=O) groups excluding carboxylic acids is 1. The van der Waals surface area contributed by atoms with Crippen molar-refractivity contribution >= 4 is 11.6 Å². The number of hydrogen-bond donors (Lipinski definition) is 1. The topological polar surface area (TPSA) is 59.2 Å². The second-order valence-corrected chi connectivity index (χ2v) is 6.36. The second-order valence-electron chi connectivity index (χ2n) is 6.36. The summed E-state index contributed by atoms with van der Waals surface area (Å²) in [7, 11) is 0. The molecule has 3 aromatic rings. The minimum Gasteiger partial charge on any atom is -0.366 e. The average Bonchev–Trinajstić information content (AvgIpc) is 3.03. The van der Waals surface area contributed by atoms with Gasteiger partial charge in [-0.15, -0.1) is 0 Å². The molecule has 26 heavy (non-hydrogen) atoms. The van der Waals surface area contributed by atoms with Crippen LogP contribution < -0.4 is 10.6 Å². The van der Waals surface area contributed by atoms with Gasteiger partial charge in [0.2, 0.25) is 5.91 Å². The summed E-state index contributed by atoms with van der Waals surface area (Å²) in [6.07, 6.45) is 2.36. The molecule has 0 bridgehead atoms. The Hall–Kier alpha value is -3.21. The summed E-state index contributed by atoms with van der Waals surface area (Å²) in [5.41, 5.74) is 9.36. The minimum absolute atomic E-state index is 0.0775. The highest BCUT2D eigenvalue weighted by atomic mass is 19.1. The summed E-state index contributed by atoms with van der Waals surface area (Å²) in [5, 5.41) is 0. The van der Waals surface area contributed by atoms with Crippen LogP contribution in [0.5, 0.6) is 0 Å². The van der Waals surface area contributed by atoms with Crippen LogP contribution in [0.15, 0.2) is 66.9 Å². The molecule has 130 valence electrons. The van der Waals surface area contributed by atoms with E-state index in [9.17, 15) is 9.18 Å². The first-order chi connectivity index (χ1) is 12.6. The molecule has 0 fully saturated rings.